The lowest BCUT2D eigenvalue weighted by Gasteiger charge is -2.19. The summed E-state index contributed by atoms with van der Waals surface area (Å²) in [5, 5.41) is 8.11. The molecular weight excluding hydrogens is 414 g/mol. The fraction of sp³-hybridized carbons (Fsp3) is 0.182. The zero-order valence-corrected chi connectivity index (χ0v) is 18.1. The van der Waals surface area contributed by atoms with Gasteiger partial charge >= 0.3 is 0 Å². The van der Waals surface area contributed by atoms with Gasteiger partial charge in [-0.25, -0.2) is 18.4 Å². The van der Waals surface area contributed by atoms with Crippen molar-refractivity contribution in [2.24, 2.45) is 0 Å². The summed E-state index contributed by atoms with van der Waals surface area (Å²) in [4.78, 5) is 8.97. The Morgan fingerprint density at radius 1 is 0.871 bits per heavy atom. The van der Waals surface area contributed by atoms with Crippen molar-refractivity contribution < 1.29 is 12.8 Å². The molecule has 4 rings (SSSR count). The first-order valence-electron chi connectivity index (χ1n) is 9.54. The summed E-state index contributed by atoms with van der Waals surface area (Å²) >= 11 is 0. The molecule has 0 aliphatic rings. The van der Waals surface area contributed by atoms with Crippen molar-refractivity contribution in [3.8, 4) is 34.3 Å². The first-order chi connectivity index (χ1) is 14.7. The molecule has 0 unspecified atom stereocenters. The van der Waals surface area contributed by atoms with Crippen LogP contribution in [0.15, 0.2) is 70.1 Å². The van der Waals surface area contributed by atoms with E-state index < -0.39 is 14.6 Å². The second-order valence-corrected chi connectivity index (χ2v) is 10.6. The lowest BCUT2D eigenvalue weighted by molar-refractivity contribution is 0.560. The summed E-state index contributed by atoms with van der Waals surface area (Å²) in [6.07, 6.45) is 1.51. The van der Waals surface area contributed by atoms with Crippen LogP contribution < -0.4 is 5.73 Å². The standard InChI is InChI=1S/C22H21N5O3S/c1-22(2,3)31(28,29)16-11-9-14(10-12-16)17-13-24-19(23)18(25-17)21-27-26-20(30-21)15-7-5-4-6-8-15/h4-13H,1-3H3,(H2,23,24). The van der Waals surface area contributed by atoms with Crippen molar-refractivity contribution >= 4 is 15.7 Å². The highest BCUT2D eigenvalue weighted by molar-refractivity contribution is 7.92. The molecule has 0 fully saturated rings. The first-order valence-corrected chi connectivity index (χ1v) is 11.0. The maximum atomic E-state index is 12.6. The molecule has 0 saturated carbocycles. The highest BCUT2D eigenvalue weighted by Crippen LogP contribution is 2.30. The lowest BCUT2D eigenvalue weighted by Crippen LogP contribution is -2.27. The Bertz CT molecular complexity index is 1330. The normalized spacial score (nSPS) is 12.1. The number of nitrogens with two attached hydrogens (primary N) is 1. The maximum absolute atomic E-state index is 12.6. The number of aromatic nitrogens is 4. The van der Waals surface area contributed by atoms with Crippen LogP contribution in [0.3, 0.4) is 0 Å². The van der Waals surface area contributed by atoms with Crippen LogP contribution >= 0.6 is 0 Å². The molecule has 0 saturated heterocycles. The summed E-state index contributed by atoms with van der Waals surface area (Å²) in [7, 11) is -3.45. The second kappa shape index (κ2) is 7.59. The molecule has 4 aromatic rings. The number of nitrogens with zero attached hydrogens (tertiary/aromatic N) is 4. The van der Waals surface area contributed by atoms with Crippen LogP contribution in [0.2, 0.25) is 0 Å². The number of hydrogen-bond donors (Lipinski definition) is 1. The molecule has 0 amide bonds. The minimum absolute atomic E-state index is 0.151. The Labute approximate surface area is 180 Å². The van der Waals surface area contributed by atoms with Crippen molar-refractivity contribution in [3.05, 3.63) is 60.8 Å². The van der Waals surface area contributed by atoms with E-state index in [1.807, 2.05) is 30.3 Å². The minimum atomic E-state index is -3.45. The molecule has 0 radical (unpaired) electrons. The van der Waals surface area contributed by atoms with Crippen molar-refractivity contribution in [2.75, 3.05) is 5.73 Å². The van der Waals surface area contributed by atoms with E-state index in [0.29, 0.717) is 17.1 Å². The first kappa shape index (κ1) is 20.7. The second-order valence-electron chi connectivity index (χ2n) is 7.91. The zero-order valence-electron chi connectivity index (χ0n) is 17.3. The smallest absolute Gasteiger partial charge is 0.270 e. The van der Waals surface area contributed by atoms with Crippen molar-refractivity contribution in [3.63, 3.8) is 0 Å². The summed E-state index contributed by atoms with van der Waals surface area (Å²) in [6.45, 7) is 5.01. The minimum Gasteiger partial charge on any atom is -0.414 e. The van der Waals surface area contributed by atoms with Crippen molar-refractivity contribution in [1.82, 2.24) is 20.2 Å². The van der Waals surface area contributed by atoms with Gasteiger partial charge in [-0.15, -0.1) is 10.2 Å². The maximum Gasteiger partial charge on any atom is 0.270 e. The summed E-state index contributed by atoms with van der Waals surface area (Å²) in [5.74, 6) is 0.649. The third kappa shape index (κ3) is 3.91. The zero-order chi connectivity index (χ0) is 22.2. The molecule has 0 spiro atoms. The van der Waals surface area contributed by atoms with Gasteiger partial charge in [-0.05, 0) is 45.0 Å². The predicted octanol–water partition coefficient (Wildman–Crippen LogP) is 4.02. The number of sulfone groups is 1. The van der Waals surface area contributed by atoms with E-state index in [-0.39, 0.29) is 22.3 Å². The SMILES string of the molecule is CC(C)(C)S(=O)(=O)c1ccc(-c2cnc(N)c(-c3nnc(-c4ccccc4)o3)n2)cc1. The van der Waals surface area contributed by atoms with Crippen molar-refractivity contribution in [1.29, 1.82) is 0 Å². The number of rotatable bonds is 4. The van der Waals surface area contributed by atoms with Gasteiger partial charge in [0.05, 0.1) is 21.5 Å². The van der Waals surface area contributed by atoms with E-state index in [0.717, 1.165) is 5.56 Å². The average molecular weight is 436 g/mol. The van der Waals surface area contributed by atoms with E-state index in [2.05, 4.69) is 20.2 Å². The highest BCUT2D eigenvalue weighted by atomic mass is 32.2. The third-order valence-corrected chi connectivity index (χ3v) is 7.22. The molecule has 0 aliphatic carbocycles. The van der Waals surface area contributed by atoms with Gasteiger partial charge in [0.15, 0.2) is 21.3 Å². The van der Waals surface area contributed by atoms with Gasteiger partial charge in [-0.3, -0.25) is 0 Å². The molecule has 0 atom stereocenters. The Kier molecular flexibility index (Phi) is 5.06. The van der Waals surface area contributed by atoms with Crippen molar-refractivity contribution in [2.45, 2.75) is 30.4 Å². The summed E-state index contributed by atoms with van der Waals surface area (Å²) in [5.41, 5.74) is 8.22. The highest BCUT2D eigenvalue weighted by Gasteiger charge is 2.30. The Balaban J connectivity index is 1.69. The quantitative estimate of drug-likeness (QED) is 0.510. The van der Waals surface area contributed by atoms with Gasteiger partial charge in [0, 0.05) is 11.1 Å². The summed E-state index contributed by atoms with van der Waals surface area (Å²) < 4.78 is 30.1. The number of benzene rings is 2. The van der Waals surface area contributed by atoms with Gasteiger partial charge in [0.1, 0.15) is 0 Å². The van der Waals surface area contributed by atoms with E-state index in [4.69, 9.17) is 10.2 Å². The fourth-order valence-electron chi connectivity index (χ4n) is 2.87. The van der Waals surface area contributed by atoms with Crippen LogP contribution in [-0.4, -0.2) is 33.3 Å². The molecule has 2 heterocycles. The molecule has 2 aromatic carbocycles. The molecule has 31 heavy (non-hydrogen) atoms. The topological polar surface area (TPSA) is 125 Å². The van der Waals surface area contributed by atoms with Gasteiger partial charge in [0.25, 0.3) is 5.89 Å². The average Bonchev–Trinajstić information content (AvgIpc) is 3.24. The molecule has 2 N–H and O–H groups in total. The van der Waals surface area contributed by atoms with Crippen LogP contribution in [0.25, 0.3) is 34.3 Å². The Hall–Kier alpha value is -3.59. The largest absolute Gasteiger partial charge is 0.414 e. The Morgan fingerprint density at radius 3 is 2.16 bits per heavy atom. The van der Waals surface area contributed by atoms with E-state index >= 15 is 0 Å². The number of anilines is 1. The van der Waals surface area contributed by atoms with Crippen LogP contribution in [0.1, 0.15) is 20.8 Å². The lowest BCUT2D eigenvalue weighted by atomic mass is 10.1. The molecule has 9 heteroatoms. The van der Waals surface area contributed by atoms with Gasteiger partial charge in [-0.1, -0.05) is 30.3 Å². The van der Waals surface area contributed by atoms with Crippen LogP contribution in [-0.2, 0) is 9.84 Å². The van der Waals surface area contributed by atoms with Gasteiger partial charge < -0.3 is 10.2 Å². The van der Waals surface area contributed by atoms with E-state index in [1.54, 1.807) is 45.0 Å². The van der Waals surface area contributed by atoms with Gasteiger partial charge in [0.2, 0.25) is 5.89 Å². The summed E-state index contributed by atoms with van der Waals surface area (Å²) in [6, 6.07) is 15.9. The third-order valence-electron chi connectivity index (χ3n) is 4.72. The predicted molar refractivity (Wildman–Crippen MR) is 118 cm³/mol. The number of hydrogen-bond acceptors (Lipinski definition) is 8. The molecule has 8 nitrogen and oxygen atoms in total. The van der Waals surface area contributed by atoms with Crippen LogP contribution in [0.4, 0.5) is 5.82 Å². The van der Waals surface area contributed by atoms with Gasteiger partial charge in [-0.2, -0.15) is 0 Å². The Morgan fingerprint density at radius 2 is 1.52 bits per heavy atom. The van der Waals surface area contributed by atoms with Crippen LogP contribution in [0.5, 0.6) is 0 Å². The molecular formula is C22H21N5O3S. The molecule has 158 valence electrons. The molecule has 0 bridgehead atoms. The monoisotopic (exact) mass is 435 g/mol. The fourth-order valence-corrected chi connectivity index (χ4v) is 4.07. The molecule has 0 aliphatic heterocycles. The van der Waals surface area contributed by atoms with Crippen LogP contribution in [0, 0.1) is 0 Å². The van der Waals surface area contributed by atoms with E-state index in [1.165, 1.54) is 6.20 Å². The van der Waals surface area contributed by atoms with E-state index in [9.17, 15) is 8.42 Å². The number of nitrogen functional groups attached to an aromatic ring is 1. The molecule has 2 aromatic heterocycles.